The lowest BCUT2D eigenvalue weighted by molar-refractivity contribution is 0.436. The first kappa shape index (κ1) is 36.2. The summed E-state index contributed by atoms with van der Waals surface area (Å²) in [5, 5.41) is 3.34. The Hall–Kier alpha value is -8.47. The Bertz CT molecular complexity index is 3580. The van der Waals surface area contributed by atoms with E-state index >= 15 is 0 Å². The van der Waals surface area contributed by atoms with Gasteiger partial charge in [0, 0.05) is 44.2 Å². The second kappa shape index (κ2) is 14.3. The first-order chi connectivity index (χ1) is 31.7. The van der Waals surface area contributed by atoms with Crippen molar-refractivity contribution in [2.24, 2.45) is 0 Å². The van der Waals surface area contributed by atoms with Gasteiger partial charge in [0.15, 0.2) is 5.82 Å². The SMILES string of the molecule is c1ccc(-c2ccc(-c3cc(-c4ccc5c(c4)nc(-c4ccccc4)c4cc6c(cc45)C4(c5ccccc5Oc5ccccc54)c4ccccc4-6)nc(-c4ccccc4)n3)cc2)cc1. The average Bonchev–Trinajstić information content (AvgIpc) is 3.65. The Morgan fingerprint density at radius 2 is 0.844 bits per heavy atom. The van der Waals surface area contributed by atoms with E-state index in [2.05, 4.69) is 200 Å². The lowest BCUT2D eigenvalue weighted by atomic mass is 9.66. The van der Waals surface area contributed by atoms with Gasteiger partial charge in [-0.25, -0.2) is 15.0 Å². The van der Waals surface area contributed by atoms with Gasteiger partial charge in [0.25, 0.3) is 0 Å². The van der Waals surface area contributed by atoms with Crippen LogP contribution in [0.25, 0.3) is 89.1 Å². The average molecular weight is 816 g/mol. The number of rotatable bonds is 5. The number of aromatic nitrogens is 3. The fourth-order valence-electron chi connectivity index (χ4n) is 10.2. The lowest BCUT2D eigenvalue weighted by Crippen LogP contribution is -2.32. The van der Waals surface area contributed by atoms with Gasteiger partial charge in [-0.15, -0.1) is 0 Å². The zero-order valence-corrected chi connectivity index (χ0v) is 34.6. The van der Waals surface area contributed by atoms with Crippen LogP contribution in [0.3, 0.4) is 0 Å². The van der Waals surface area contributed by atoms with E-state index < -0.39 is 5.41 Å². The second-order valence-corrected chi connectivity index (χ2v) is 16.7. The molecule has 2 aromatic heterocycles. The summed E-state index contributed by atoms with van der Waals surface area (Å²) in [6.45, 7) is 0. The van der Waals surface area contributed by atoms with E-state index in [1.807, 2.05) is 24.3 Å². The smallest absolute Gasteiger partial charge is 0.160 e. The summed E-state index contributed by atoms with van der Waals surface area (Å²) >= 11 is 0. The standard InChI is InChI=1S/C60H37N3O/c1-4-16-38(17-5-1)39-28-30-40(31-29-39)53-37-54(63-59(62-53)42-20-8-3-9-21-42)43-32-33-45-46-36-52-47(35-48(46)58(61-55(45)34-43)41-18-6-2-7-19-41)44-22-10-11-23-49(44)60(52)50-24-12-14-26-56(50)64-57-27-15-13-25-51(57)60/h1-37H. The molecule has 298 valence electrons. The molecule has 0 radical (unpaired) electrons. The van der Waals surface area contributed by atoms with Crippen LogP contribution in [0, 0.1) is 0 Å². The summed E-state index contributed by atoms with van der Waals surface area (Å²) in [6, 6.07) is 79.5. The van der Waals surface area contributed by atoms with E-state index in [1.54, 1.807) is 0 Å². The summed E-state index contributed by atoms with van der Waals surface area (Å²) in [5.41, 5.74) is 16.5. The number of pyridine rings is 1. The molecular formula is C60H37N3O. The molecule has 4 heteroatoms. The van der Waals surface area contributed by atoms with Gasteiger partial charge < -0.3 is 4.74 Å². The van der Waals surface area contributed by atoms with Crippen LogP contribution in [0.15, 0.2) is 224 Å². The van der Waals surface area contributed by atoms with Gasteiger partial charge in [-0.05, 0) is 75.2 Å². The highest BCUT2D eigenvalue weighted by Gasteiger charge is 2.51. The number of para-hydroxylation sites is 2. The summed E-state index contributed by atoms with van der Waals surface area (Å²) in [5.74, 6) is 2.43. The van der Waals surface area contributed by atoms with E-state index in [0.717, 1.165) is 89.2 Å². The van der Waals surface area contributed by atoms with Crippen molar-refractivity contribution in [2.75, 3.05) is 0 Å². The predicted octanol–water partition coefficient (Wildman–Crippen LogP) is 15.0. The fraction of sp³-hybridized carbons (Fsp3) is 0.0167. The molecule has 0 bridgehead atoms. The van der Waals surface area contributed by atoms with Gasteiger partial charge >= 0.3 is 0 Å². The third-order valence-corrected chi connectivity index (χ3v) is 13.1. The van der Waals surface area contributed by atoms with Crippen LogP contribution in [0.1, 0.15) is 22.3 Å². The van der Waals surface area contributed by atoms with E-state index in [1.165, 1.54) is 27.8 Å². The van der Waals surface area contributed by atoms with Crippen molar-refractivity contribution >= 4 is 21.7 Å². The maximum Gasteiger partial charge on any atom is 0.160 e. The molecule has 4 nitrogen and oxygen atoms in total. The van der Waals surface area contributed by atoms with Crippen molar-refractivity contribution < 1.29 is 4.74 Å². The Labute approximate surface area is 370 Å². The van der Waals surface area contributed by atoms with Crippen LogP contribution >= 0.6 is 0 Å². The van der Waals surface area contributed by atoms with Gasteiger partial charge in [0.1, 0.15) is 11.5 Å². The zero-order valence-electron chi connectivity index (χ0n) is 34.6. The first-order valence-electron chi connectivity index (χ1n) is 21.8. The van der Waals surface area contributed by atoms with Crippen molar-refractivity contribution in [3.05, 3.63) is 247 Å². The molecule has 0 atom stereocenters. The number of ether oxygens (including phenoxy) is 1. The van der Waals surface area contributed by atoms with Gasteiger partial charge in [0.05, 0.1) is 28.0 Å². The van der Waals surface area contributed by atoms with E-state index in [0.29, 0.717) is 5.82 Å². The topological polar surface area (TPSA) is 47.9 Å². The molecular weight excluding hydrogens is 779 g/mol. The lowest BCUT2D eigenvalue weighted by Gasteiger charge is -2.39. The molecule has 0 saturated carbocycles. The van der Waals surface area contributed by atoms with Crippen LogP contribution in [0.2, 0.25) is 0 Å². The molecule has 0 unspecified atom stereocenters. The minimum atomic E-state index is -0.585. The summed E-state index contributed by atoms with van der Waals surface area (Å²) < 4.78 is 6.66. The molecule has 0 fully saturated rings. The molecule has 1 spiro atoms. The molecule has 1 aliphatic carbocycles. The number of benzene rings is 9. The van der Waals surface area contributed by atoms with Crippen molar-refractivity contribution in [1.29, 1.82) is 0 Å². The molecule has 9 aromatic carbocycles. The Morgan fingerprint density at radius 3 is 1.53 bits per heavy atom. The van der Waals surface area contributed by atoms with Crippen LogP contribution in [-0.4, -0.2) is 15.0 Å². The van der Waals surface area contributed by atoms with Gasteiger partial charge in [-0.3, -0.25) is 0 Å². The largest absolute Gasteiger partial charge is 0.457 e. The van der Waals surface area contributed by atoms with E-state index in [9.17, 15) is 0 Å². The molecule has 0 saturated heterocycles. The van der Waals surface area contributed by atoms with Gasteiger partial charge in [0.2, 0.25) is 0 Å². The number of hydrogen-bond donors (Lipinski definition) is 0. The highest BCUT2D eigenvalue weighted by atomic mass is 16.5. The predicted molar refractivity (Wildman–Crippen MR) is 259 cm³/mol. The van der Waals surface area contributed by atoms with Crippen molar-refractivity contribution in [3.63, 3.8) is 0 Å². The number of nitrogens with zero attached hydrogens (tertiary/aromatic N) is 3. The minimum absolute atomic E-state index is 0.585. The molecule has 3 heterocycles. The highest BCUT2D eigenvalue weighted by Crippen LogP contribution is 2.62. The first-order valence-corrected chi connectivity index (χ1v) is 21.8. The molecule has 1 aliphatic heterocycles. The number of hydrogen-bond acceptors (Lipinski definition) is 4. The summed E-state index contributed by atoms with van der Waals surface area (Å²) in [7, 11) is 0. The monoisotopic (exact) mass is 815 g/mol. The zero-order chi connectivity index (χ0) is 42.2. The quantitative estimate of drug-likeness (QED) is 0.162. The molecule has 13 rings (SSSR count). The highest BCUT2D eigenvalue weighted by molar-refractivity contribution is 6.14. The van der Waals surface area contributed by atoms with Crippen LogP contribution in [0.4, 0.5) is 0 Å². The van der Waals surface area contributed by atoms with Crippen molar-refractivity contribution in [2.45, 2.75) is 5.41 Å². The maximum absolute atomic E-state index is 6.66. The Kier molecular flexibility index (Phi) is 8.09. The third-order valence-electron chi connectivity index (χ3n) is 13.1. The molecule has 0 amide bonds. The van der Waals surface area contributed by atoms with Crippen LogP contribution < -0.4 is 4.74 Å². The molecule has 64 heavy (non-hydrogen) atoms. The molecule has 0 N–H and O–H groups in total. The maximum atomic E-state index is 6.66. The number of fused-ring (bicyclic) bond motifs is 12. The third kappa shape index (κ3) is 5.52. The normalized spacial score (nSPS) is 12.9. The van der Waals surface area contributed by atoms with E-state index in [4.69, 9.17) is 19.7 Å². The second-order valence-electron chi connectivity index (χ2n) is 16.7. The fourth-order valence-corrected chi connectivity index (χ4v) is 10.2. The van der Waals surface area contributed by atoms with Crippen LogP contribution in [-0.2, 0) is 5.41 Å². The summed E-state index contributed by atoms with van der Waals surface area (Å²) in [4.78, 5) is 15.9. The minimum Gasteiger partial charge on any atom is -0.457 e. The Balaban J connectivity index is 1.05. The van der Waals surface area contributed by atoms with Gasteiger partial charge in [-0.2, -0.15) is 0 Å². The van der Waals surface area contributed by atoms with E-state index in [-0.39, 0.29) is 0 Å². The Morgan fingerprint density at radius 1 is 0.312 bits per heavy atom. The summed E-state index contributed by atoms with van der Waals surface area (Å²) in [6.07, 6.45) is 0. The molecule has 11 aromatic rings. The van der Waals surface area contributed by atoms with Crippen LogP contribution in [0.5, 0.6) is 11.5 Å². The van der Waals surface area contributed by atoms with Crippen molar-refractivity contribution in [3.8, 4) is 78.9 Å². The molecule has 2 aliphatic rings. The van der Waals surface area contributed by atoms with Gasteiger partial charge in [-0.1, -0.05) is 188 Å². The van der Waals surface area contributed by atoms with Crippen molar-refractivity contribution in [1.82, 2.24) is 15.0 Å².